The van der Waals surface area contributed by atoms with Crippen LogP contribution in [0.4, 0.5) is 24.5 Å². The number of nitrogens with zero attached hydrogens (tertiary/aromatic N) is 5. The van der Waals surface area contributed by atoms with Gasteiger partial charge in [-0.15, -0.1) is 11.3 Å². The molecule has 3 N–H and O–H groups in total. The molecule has 0 spiro atoms. The summed E-state index contributed by atoms with van der Waals surface area (Å²) in [6.07, 6.45) is -5.63. The Balaban J connectivity index is 0.851. The van der Waals surface area contributed by atoms with Gasteiger partial charge in [-0.05, 0) is 92.0 Å². The first kappa shape index (κ1) is 54.3. The molecule has 4 amide bonds. The van der Waals surface area contributed by atoms with Crippen molar-refractivity contribution >= 4 is 63.7 Å². The lowest BCUT2D eigenvalue weighted by Gasteiger charge is -2.35. The number of hydrogen-bond acceptors (Lipinski definition) is 13. The van der Waals surface area contributed by atoms with Crippen molar-refractivity contribution in [1.29, 1.82) is 5.26 Å². The van der Waals surface area contributed by atoms with Crippen LogP contribution < -0.4 is 25.2 Å². The fraction of sp³-hybridized carbons (Fsp3) is 0.460. The first-order valence-corrected chi connectivity index (χ1v) is 24.2. The van der Waals surface area contributed by atoms with Crippen molar-refractivity contribution in [2.24, 2.45) is 5.41 Å². The number of benzene rings is 3. The van der Waals surface area contributed by atoms with E-state index in [1.165, 1.54) is 17.0 Å². The molecule has 3 heterocycles. The topological polar surface area (TPSA) is 196 Å². The molecule has 380 valence electrons. The van der Waals surface area contributed by atoms with Crippen LogP contribution in [0.3, 0.4) is 0 Å². The highest BCUT2D eigenvalue weighted by Crippen LogP contribution is 2.40. The first-order chi connectivity index (χ1) is 33.6. The number of ether oxygens (including phenoxy) is 4. The Morgan fingerprint density at radius 3 is 2.15 bits per heavy atom. The number of amides is 4. The summed E-state index contributed by atoms with van der Waals surface area (Å²) >= 11 is 7.16. The summed E-state index contributed by atoms with van der Waals surface area (Å²) in [5, 5.41) is 25.4. The van der Waals surface area contributed by atoms with Crippen LogP contribution >= 0.6 is 23.6 Å². The molecule has 1 aromatic heterocycles. The zero-order valence-electron chi connectivity index (χ0n) is 40.3. The standard InChI is InChI=1S/C50H58F3N7O9S2/c1-31-42(71-30-56-31)33-9-7-32(8-10-33)28-55-44(63)40-26-37(61)29-58(40)45(64)43(48(2,3)4)57-41(62)17-18-66-19-20-67-21-22-68-23-24-69-38-15-13-35(14-16-38)60-47(70)59(46(65)49(60,5)6)36-12-11-34(27-54)39(25-36)50(51,52)53/h7-16,25,30,37,40,43,61H,17-24,26,28-29H2,1-6H3,(H,55,63)(H,57,62)/t37-,40+,43-/m1/s1. The predicted molar refractivity (Wildman–Crippen MR) is 263 cm³/mol. The second-order valence-corrected chi connectivity index (χ2v) is 19.8. The Labute approximate surface area is 420 Å². The van der Waals surface area contributed by atoms with Gasteiger partial charge in [0, 0.05) is 31.6 Å². The van der Waals surface area contributed by atoms with Gasteiger partial charge in [-0.1, -0.05) is 45.0 Å². The van der Waals surface area contributed by atoms with E-state index in [1.807, 2.05) is 52.0 Å². The van der Waals surface area contributed by atoms with E-state index < -0.39 is 64.2 Å². The molecule has 0 aliphatic carbocycles. The number of hydrogen-bond donors (Lipinski definition) is 3. The van der Waals surface area contributed by atoms with Crippen LogP contribution in [0, 0.1) is 23.7 Å². The fourth-order valence-electron chi connectivity index (χ4n) is 8.09. The summed E-state index contributed by atoms with van der Waals surface area (Å²) < 4.78 is 63.6. The SMILES string of the molecule is Cc1ncsc1-c1ccc(CNC(=O)[C@@H]2C[C@@H](O)CN2C(=O)[C@@H](NC(=O)CCOCCOCCOCCOc2ccc(N3C(=S)N(c4ccc(C#N)c(C(F)(F)F)c4)C(=O)C3(C)C)cc2)C(C)(C)C)cc1. The zero-order chi connectivity index (χ0) is 51.7. The van der Waals surface area contributed by atoms with Crippen molar-refractivity contribution in [3.05, 3.63) is 94.6 Å². The first-order valence-electron chi connectivity index (χ1n) is 22.9. The Bertz CT molecular complexity index is 2580. The van der Waals surface area contributed by atoms with Crippen LogP contribution in [0.5, 0.6) is 5.75 Å². The van der Waals surface area contributed by atoms with Crippen molar-refractivity contribution in [1.82, 2.24) is 20.5 Å². The molecule has 0 bridgehead atoms. The fourth-order valence-corrected chi connectivity index (χ4v) is 9.42. The number of aryl methyl sites for hydroxylation is 1. The Morgan fingerprint density at radius 1 is 0.944 bits per heavy atom. The number of aliphatic hydroxyl groups excluding tert-OH is 1. The Hall–Kier alpha value is -6.02. The maximum atomic E-state index is 13.9. The molecule has 3 atom stereocenters. The lowest BCUT2D eigenvalue weighted by atomic mass is 9.85. The van der Waals surface area contributed by atoms with Gasteiger partial charge in [-0.25, -0.2) is 4.98 Å². The molecule has 2 aliphatic rings. The second kappa shape index (κ2) is 23.5. The molecule has 3 aromatic carbocycles. The third-order valence-electron chi connectivity index (χ3n) is 11.9. The van der Waals surface area contributed by atoms with Gasteiger partial charge in [0.15, 0.2) is 5.11 Å². The van der Waals surface area contributed by atoms with Gasteiger partial charge in [0.2, 0.25) is 17.7 Å². The molecule has 2 saturated heterocycles. The summed E-state index contributed by atoms with van der Waals surface area (Å²) in [6, 6.07) is 17.2. The van der Waals surface area contributed by atoms with E-state index in [-0.39, 0.29) is 88.9 Å². The summed E-state index contributed by atoms with van der Waals surface area (Å²) in [5.41, 5.74) is 1.41. The highest BCUT2D eigenvalue weighted by molar-refractivity contribution is 7.81. The zero-order valence-corrected chi connectivity index (χ0v) is 42.0. The average Bonchev–Trinajstić information content (AvgIpc) is 3.99. The van der Waals surface area contributed by atoms with Crippen LogP contribution in [0.1, 0.15) is 69.8 Å². The molecule has 0 radical (unpaired) electrons. The number of likely N-dealkylation sites (tertiary alicyclic amines) is 1. The quantitative estimate of drug-likeness (QED) is 0.0601. The smallest absolute Gasteiger partial charge is 0.417 e. The molecule has 4 aromatic rings. The molecule has 2 aliphatic heterocycles. The van der Waals surface area contributed by atoms with Gasteiger partial charge in [0.05, 0.1) is 84.7 Å². The highest BCUT2D eigenvalue weighted by atomic mass is 32.1. The lowest BCUT2D eigenvalue weighted by molar-refractivity contribution is -0.144. The van der Waals surface area contributed by atoms with E-state index in [0.29, 0.717) is 11.4 Å². The summed E-state index contributed by atoms with van der Waals surface area (Å²) in [4.78, 5) is 63.2. The maximum Gasteiger partial charge on any atom is 0.417 e. The number of aromatic nitrogens is 1. The molecule has 2 fully saturated rings. The number of nitriles is 1. The number of halogens is 3. The number of thiocarbonyl (C=S) groups is 1. The number of rotatable bonds is 21. The molecule has 6 rings (SSSR count). The summed E-state index contributed by atoms with van der Waals surface area (Å²) in [7, 11) is 0. The van der Waals surface area contributed by atoms with Crippen LogP contribution in [-0.4, -0.2) is 120 Å². The van der Waals surface area contributed by atoms with Crippen molar-refractivity contribution in [3.8, 4) is 22.3 Å². The lowest BCUT2D eigenvalue weighted by Crippen LogP contribution is -2.57. The van der Waals surface area contributed by atoms with Crippen molar-refractivity contribution in [2.45, 2.75) is 90.8 Å². The van der Waals surface area contributed by atoms with E-state index in [1.54, 1.807) is 59.9 Å². The molecule has 21 heteroatoms. The predicted octanol–water partition coefficient (Wildman–Crippen LogP) is 6.55. The van der Waals surface area contributed by atoms with Gasteiger partial charge in [0.25, 0.3) is 5.91 Å². The molecule has 0 unspecified atom stereocenters. The molecule has 16 nitrogen and oxygen atoms in total. The Kier molecular flexibility index (Phi) is 18.0. The van der Waals surface area contributed by atoms with Crippen molar-refractivity contribution in [3.63, 3.8) is 0 Å². The van der Waals surface area contributed by atoms with Gasteiger partial charge in [-0.2, -0.15) is 18.4 Å². The van der Waals surface area contributed by atoms with E-state index >= 15 is 0 Å². The highest BCUT2D eigenvalue weighted by Gasteiger charge is 2.51. The molecule has 71 heavy (non-hydrogen) atoms. The van der Waals surface area contributed by atoms with Crippen LogP contribution in [-0.2, 0) is 46.1 Å². The van der Waals surface area contributed by atoms with E-state index in [2.05, 4.69) is 15.6 Å². The summed E-state index contributed by atoms with van der Waals surface area (Å²) in [6.45, 7) is 12.4. The minimum atomic E-state index is -4.81. The third kappa shape index (κ3) is 13.5. The van der Waals surface area contributed by atoms with E-state index in [9.17, 15) is 42.7 Å². The van der Waals surface area contributed by atoms with Gasteiger partial charge in [-0.3, -0.25) is 24.1 Å². The van der Waals surface area contributed by atoms with Crippen molar-refractivity contribution < 1.29 is 56.4 Å². The van der Waals surface area contributed by atoms with Gasteiger partial charge < -0.3 is 44.5 Å². The van der Waals surface area contributed by atoms with E-state index in [4.69, 9.17) is 31.2 Å². The minimum Gasteiger partial charge on any atom is -0.491 e. The number of carbonyl (C=O) groups is 4. The average molecular weight is 1020 g/mol. The Morgan fingerprint density at radius 2 is 1.56 bits per heavy atom. The number of β-amino-alcohol motifs (C(OH)–C–C–N with tert-alkyl or cyclic N) is 1. The number of alkyl halides is 3. The number of thiazole rings is 1. The third-order valence-corrected chi connectivity index (χ3v) is 13.2. The largest absolute Gasteiger partial charge is 0.491 e. The monoisotopic (exact) mass is 1020 g/mol. The van der Waals surface area contributed by atoms with E-state index in [0.717, 1.165) is 38.7 Å². The number of nitrogens with one attached hydrogen (secondary N) is 2. The second-order valence-electron chi connectivity index (χ2n) is 18.5. The number of carbonyl (C=O) groups excluding carboxylic acids is 4. The molecular formula is C50H58F3N7O9S2. The normalized spacial score (nSPS) is 17.3. The maximum absolute atomic E-state index is 13.9. The number of anilines is 2. The molecular weight excluding hydrogens is 964 g/mol. The van der Waals surface area contributed by atoms with Gasteiger partial charge in [0.1, 0.15) is 30.0 Å². The molecule has 0 saturated carbocycles. The van der Waals surface area contributed by atoms with Crippen LogP contribution in [0.2, 0.25) is 0 Å². The van der Waals surface area contributed by atoms with Crippen LogP contribution in [0.25, 0.3) is 10.4 Å². The van der Waals surface area contributed by atoms with Gasteiger partial charge >= 0.3 is 6.18 Å². The minimum absolute atomic E-state index is 0.0174. The number of aliphatic hydroxyl groups is 1. The van der Waals surface area contributed by atoms with Crippen LogP contribution in [0.15, 0.2) is 72.2 Å². The van der Waals surface area contributed by atoms with Crippen molar-refractivity contribution in [2.75, 3.05) is 62.6 Å². The summed E-state index contributed by atoms with van der Waals surface area (Å²) in [5.74, 6) is -1.27.